The van der Waals surface area contributed by atoms with Crippen molar-refractivity contribution in [2.24, 2.45) is 5.92 Å². The number of hydrogen-bond acceptors (Lipinski definition) is 0. The van der Waals surface area contributed by atoms with E-state index in [4.69, 9.17) is 0 Å². The Balaban J connectivity index is 2.18. The van der Waals surface area contributed by atoms with Crippen molar-refractivity contribution >= 4 is 9.52 Å². The molecule has 1 saturated carbocycles. The molecule has 0 unspecified atom stereocenters. The van der Waals surface area contributed by atoms with Gasteiger partial charge in [0.2, 0.25) is 0 Å². The first-order valence-electron chi connectivity index (χ1n) is 4.00. The molecule has 1 fully saturated rings. The molecule has 9 heavy (non-hydrogen) atoms. The summed E-state index contributed by atoms with van der Waals surface area (Å²) in [5.74, 6) is 1.03. The third-order valence-electron chi connectivity index (χ3n) is 2.42. The van der Waals surface area contributed by atoms with Crippen molar-refractivity contribution in [3.8, 4) is 0 Å². The highest BCUT2D eigenvalue weighted by molar-refractivity contribution is 6.35. The van der Waals surface area contributed by atoms with Gasteiger partial charge in [-0.1, -0.05) is 39.2 Å². The lowest BCUT2D eigenvalue weighted by molar-refractivity contribution is 0.384. The Kier molecular flexibility index (Phi) is 2.77. The Labute approximate surface area is 60.9 Å². The molecule has 0 amide bonds. The SMILES string of the molecule is C[Si]C1CCC(C)CC1. The first-order chi connectivity index (χ1) is 4.33. The molecule has 1 rings (SSSR count). The van der Waals surface area contributed by atoms with E-state index in [2.05, 4.69) is 13.5 Å². The summed E-state index contributed by atoms with van der Waals surface area (Å²) in [5, 5.41) is 0. The van der Waals surface area contributed by atoms with Gasteiger partial charge in [-0.05, 0) is 11.5 Å². The molecule has 0 saturated heterocycles. The third-order valence-corrected chi connectivity index (χ3v) is 3.82. The van der Waals surface area contributed by atoms with Crippen molar-refractivity contribution in [2.45, 2.75) is 44.7 Å². The Morgan fingerprint density at radius 1 is 1.11 bits per heavy atom. The minimum absolute atomic E-state index is 1.03. The van der Waals surface area contributed by atoms with Crippen molar-refractivity contribution in [3.63, 3.8) is 0 Å². The van der Waals surface area contributed by atoms with Crippen molar-refractivity contribution < 1.29 is 0 Å². The van der Waals surface area contributed by atoms with E-state index >= 15 is 0 Å². The van der Waals surface area contributed by atoms with Crippen LogP contribution in [0.2, 0.25) is 12.1 Å². The van der Waals surface area contributed by atoms with Gasteiger partial charge in [-0.3, -0.25) is 0 Å². The van der Waals surface area contributed by atoms with Crippen molar-refractivity contribution in [3.05, 3.63) is 0 Å². The largest absolute Gasteiger partial charge is 0.0731 e. The highest BCUT2D eigenvalue weighted by Gasteiger charge is 2.15. The Morgan fingerprint density at radius 2 is 1.67 bits per heavy atom. The van der Waals surface area contributed by atoms with Gasteiger partial charge in [-0.25, -0.2) is 0 Å². The van der Waals surface area contributed by atoms with E-state index in [1.165, 1.54) is 35.2 Å². The maximum absolute atomic E-state index is 2.38. The Hall–Kier alpha value is 0.217. The van der Waals surface area contributed by atoms with Gasteiger partial charge >= 0.3 is 0 Å². The van der Waals surface area contributed by atoms with E-state index in [1.807, 2.05) is 0 Å². The standard InChI is InChI=1S/C8H16Si/c1-7-3-5-8(9-2)6-4-7/h7-8H,3-6H2,1-2H3. The second-order valence-electron chi connectivity index (χ2n) is 3.25. The summed E-state index contributed by atoms with van der Waals surface area (Å²) in [4.78, 5) is 0. The fourth-order valence-corrected chi connectivity index (χ4v) is 2.46. The summed E-state index contributed by atoms with van der Waals surface area (Å²) in [6, 6.07) is 0. The van der Waals surface area contributed by atoms with Gasteiger partial charge in [0.1, 0.15) is 0 Å². The average Bonchev–Trinajstić information content (AvgIpc) is 1.90. The zero-order valence-corrected chi connectivity index (χ0v) is 7.48. The summed E-state index contributed by atoms with van der Waals surface area (Å²) in [5.41, 5.74) is 1.10. The van der Waals surface area contributed by atoms with Crippen LogP contribution < -0.4 is 0 Å². The first kappa shape index (κ1) is 7.33. The smallest absolute Gasteiger partial charge is 0.0378 e. The van der Waals surface area contributed by atoms with Crippen molar-refractivity contribution in [2.75, 3.05) is 0 Å². The van der Waals surface area contributed by atoms with E-state index in [-0.39, 0.29) is 0 Å². The molecule has 0 aliphatic heterocycles. The van der Waals surface area contributed by atoms with Crippen LogP contribution in [-0.2, 0) is 0 Å². The van der Waals surface area contributed by atoms with Crippen LogP contribution in [-0.4, -0.2) is 9.52 Å². The van der Waals surface area contributed by atoms with Crippen LogP contribution >= 0.6 is 0 Å². The number of rotatable bonds is 1. The maximum Gasteiger partial charge on any atom is 0.0378 e. The van der Waals surface area contributed by atoms with Gasteiger partial charge in [0.05, 0.1) is 0 Å². The molecule has 0 N–H and O–H groups in total. The predicted octanol–water partition coefficient (Wildman–Crippen LogP) is 2.74. The average molecular weight is 140 g/mol. The monoisotopic (exact) mass is 140 g/mol. The Morgan fingerprint density at radius 3 is 2.11 bits per heavy atom. The van der Waals surface area contributed by atoms with Gasteiger partial charge in [-0.2, -0.15) is 0 Å². The van der Waals surface area contributed by atoms with Crippen LogP contribution in [0.5, 0.6) is 0 Å². The molecule has 1 aliphatic carbocycles. The van der Waals surface area contributed by atoms with Crippen LogP contribution in [0.15, 0.2) is 0 Å². The second-order valence-corrected chi connectivity index (χ2v) is 4.64. The summed E-state index contributed by atoms with van der Waals surface area (Å²) in [6.07, 6.45) is 6.00. The van der Waals surface area contributed by atoms with Crippen molar-refractivity contribution in [1.82, 2.24) is 0 Å². The minimum Gasteiger partial charge on any atom is -0.0731 e. The van der Waals surface area contributed by atoms with E-state index in [0.717, 1.165) is 11.5 Å². The second kappa shape index (κ2) is 3.40. The van der Waals surface area contributed by atoms with E-state index in [9.17, 15) is 0 Å². The fourth-order valence-electron chi connectivity index (χ4n) is 1.55. The normalized spacial score (nSPS) is 36.7. The molecule has 1 heteroatoms. The molecule has 0 bridgehead atoms. The summed E-state index contributed by atoms with van der Waals surface area (Å²) in [7, 11) is 1.20. The molecule has 0 atom stereocenters. The third kappa shape index (κ3) is 2.13. The van der Waals surface area contributed by atoms with Crippen LogP contribution in [0.4, 0.5) is 0 Å². The molecule has 0 spiro atoms. The quantitative estimate of drug-likeness (QED) is 0.491. The molecule has 0 aromatic heterocycles. The van der Waals surface area contributed by atoms with Crippen molar-refractivity contribution in [1.29, 1.82) is 0 Å². The summed E-state index contributed by atoms with van der Waals surface area (Å²) >= 11 is 0. The summed E-state index contributed by atoms with van der Waals surface area (Å²) < 4.78 is 0. The lowest BCUT2D eigenvalue weighted by atomic mass is 9.90. The topological polar surface area (TPSA) is 0 Å². The molecule has 0 heterocycles. The molecule has 2 radical (unpaired) electrons. The van der Waals surface area contributed by atoms with Gasteiger partial charge in [0.25, 0.3) is 0 Å². The van der Waals surface area contributed by atoms with Gasteiger partial charge < -0.3 is 0 Å². The highest BCUT2D eigenvalue weighted by Crippen LogP contribution is 2.31. The van der Waals surface area contributed by atoms with Crippen LogP contribution in [0, 0.1) is 5.92 Å². The van der Waals surface area contributed by atoms with Crippen LogP contribution in [0.3, 0.4) is 0 Å². The minimum atomic E-state index is 1.03. The molecular weight excluding hydrogens is 124 g/mol. The van der Waals surface area contributed by atoms with Crippen LogP contribution in [0.25, 0.3) is 0 Å². The zero-order valence-electron chi connectivity index (χ0n) is 6.48. The van der Waals surface area contributed by atoms with Gasteiger partial charge in [0.15, 0.2) is 0 Å². The molecular formula is C8H16Si. The lowest BCUT2D eigenvalue weighted by Crippen LogP contribution is -2.10. The highest BCUT2D eigenvalue weighted by atomic mass is 28.2. The van der Waals surface area contributed by atoms with E-state index in [1.54, 1.807) is 0 Å². The lowest BCUT2D eigenvalue weighted by Gasteiger charge is -2.24. The van der Waals surface area contributed by atoms with E-state index in [0.29, 0.717) is 0 Å². The van der Waals surface area contributed by atoms with E-state index < -0.39 is 0 Å². The fraction of sp³-hybridized carbons (Fsp3) is 1.00. The molecule has 0 nitrogen and oxygen atoms in total. The number of hydrogen-bond donors (Lipinski definition) is 0. The summed E-state index contributed by atoms with van der Waals surface area (Å²) in [6.45, 7) is 4.73. The molecule has 1 aliphatic rings. The van der Waals surface area contributed by atoms with Crippen LogP contribution in [0.1, 0.15) is 32.6 Å². The van der Waals surface area contributed by atoms with Gasteiger partial charge in [-0.15, -0.1) is 0 Å². The molecule has 52 valence electrons. The predicted molar refractivity (Wildman–Crippen MR) is 43.0 cm³/mol. The first-order valence-corrected chi connectivity index (χ1v) is 5.58. The zero-order chi connectivity index (χ0) is 6.69. The Bertz CT molecular complexity index is 72.6. The molecule has 0 aromatic carbocycles. The molecule has 0 aromatic rings. The van der Waals surface area contributed by atoms with Gasteiger partial charge in [0, 0.05) is 9.52 Å². The maximum atomic E-state index is 2.38.